The van der Waals surface area contributed by atoms with Crippen LogP contribution in [0.15, 0.2) is 41.1 Å². The molecule has 0 aliphatic rings. The molecule has 1 heterocycles. The van der Waals surface area contributed by atoms with E-state index in [1.165, 1.54) is 30.6 Å². The molecule has 0 unspecified atom stereocenters. The molecule has 2 aromatic rings. The fourth-order valence-corrected chi connectivity index (χ4v) is 1.96. The summed E-state index contributed by atoms with van der Waals surface area (Å²) in [6, 6.07) is 5.82. The second-order valence-electron chi connectivity index (χ2n) is 3.42. The Balaban J connectivity index is 2.30. The standard InChI is InChI=1S/C11H7BrN4O3/c12-9-7(3-1-4-8(9)16(18)19)10(17)15-11-13-5-2-6-14-11/h1-6H,(H,13,14,15,17). The molecule has 0 spiro atoms. The first-order valence-corrected chi connectivity index (χ1v) is 5.90. The van der Waals surface area contributed by atoms with Crippen LogP contribution in [0.5, 0.6) is 0 Å². The number of nitro benzene ring substituents is 1. The summed E-state index contributed by atoms with van der Waals surface area (Å²) >= 11 is 3.05. The van der Waals surface area contributed by atoms with E-state index in [-0.39, 0.29) is 21.7 Å². The first-order chi connectivity index (χ1) is 9.09. The highest BCUT2D eigenvalue weighted by atomic mass is 79.9. The quantitative estimate of drug-likeness (QED) is 0.691. The number of benzene rings is 1. The summed E-state index contributed by atoms with van der Waals surface area (Å²) in [5.41, 5.74) is -0.0386. The molecule has 0 bridgehead atoms. The second-order valence-corrected chi connectivity index (χ2v) is 4.22. The zero-order valence-corrected chi connectivity index (χ0v) is 11.0. The van der Waals surface area contributed by atoms with Gasteiger partial charge < -0.3 is 0 Å². The first kappa shape index (κ1) is 13.1. The van der Waals surface area contributed by atoms with Crippen LogP contribution in [0, 0.1) is 10.1 Å². The molecule has 1 aromatic carbocycles. The summed E-state index contributed by atoms with van der Waals surface area (Å²) in [4.78, 5) is 29.8. The van der Waals surface area contributed by atoms with E-state index in [1.807, 2.05) is 0 Å². The van der Waals surface area contributed by atoms with Crippen molar-refractivity contribution in [1.82, 2.24) is 9.97 Å². The number of nitrogens with one attached hydrogen (secondary N) is 1. The summed E-state index contributed by atoms with van der Waals surface area (Å²) < 4.78 is 0.119. The van der Waals surface area contributed by atoms with Crippen molar-refractivity contribution in [3.05, 3.63) is 56.8 Å². The van der Waals surface area contributed by atoms with Crippen molar-refractivity contribution in [1.29, 1.82) is 0 Å². The van der Waals surface area contributed by atoms with Crippen LogP contribution in [0.4, 0.5) is 11.6 Å². The maximum absolute atomic E-state index is 12.0. The summed E-state index contributed by atoms with van der Waals surface area (Å²) in [6.45, 7) is 0. The van der Waals surface area contributed by atoms with Gasteiger partial charge in [0.05, 0.1) is 10.5 Å². The van der Waals surface area contributed by atoms with Crippen LogP contribution in [-0.4, -0.2) is 20.8 Å². The Kier molecular flexibility index (Phi) is 3.81. The zero-order chi connectivity index (χ0) is 13.8. The average Bonchev–Trinajstić information content (AvgIpc) is 2.39. The first-order valence-electron chi connectivity index (χ1n) is 5.11. The number of hydrogen-bond acceptors (Lipinski definition) is 5. The number of carbonyl (C=O) groups is 1. The van der Waals surface area contributed by atoms with Crippen molar-refractivity contribution >= 4 is 33.5 Å². The Bertz CT molecular complexity index is 633. The number of nitrogens with zero attached hydrogens (tertiary/aromatic N) is 3. The summed E-state index contributed by atoms with van der Waals surface area (Å²) in [7, 11) is 0. The smallest absolute Gasteiger partial charge is 0.284 e. The number of rotatable bonds is 3. The highest BCUT2D eigenvalue weighted by molar-refractivity contribution is 9.10. The Morgan fingerprint density at radius 1 is 1.26 bits per heavy atom. The minimum absolute atomic E-state index is 0.119. The van der Waals surface area contributed by atoms with Gasteiger partial charge in [-0.15, -0.1) is 0 Å². The molecule has 96 valence electrons. The van der Waals surface area contributed by atoms with Gasteiger partial charge in [0.15, 0.2) is 0 Å². The number of nitro groups is 1. The largest absolute Gasteiger partial charge is 0.290 e. The molecule has 1 aromatic heterocycles. The fourth-order valence-electron chi connectivity index (χ4n) is 1.37. The van der Waals surface area contributed by atoms with Crippen LogP contribution in [-0.2, 0) is 0 Å². The second kappa shape index (κ2) is 5.53. The molecule has 0 aliphatic heterocycles. The molecule has 1 N–H and O–H groups in total. The van der Waals surface area contributed by atoms with E-state index in [0.717, 1.165) is 0 Å². The molecule has 1 amide bonds. The summed E-state index contributed by atoms with van der Waals surface area (Å²) in [5, 5.41) is 13.2. The molecular weight excluding hydrogens is 316 g/mol. The van der Waals surface area contributed by atoms with Gasteiger partial charge in [-0.25, -0.2) is 9.97 Å². The third-order valence-electron chi connectivity index (χ3n) is 2.21. The van der Waals surface area contributed by atoms with Gasteiger partial charge in [0, 0.05) is 18.5 Å². The maximum atomic E-state index is 12.0. The van der Waals surface area contributed by atoms with Crippen LogP contribution in [0.1, 0.15) is 10.4 Å². The topological polar surface area (TPSA) is 98.0 Å². The minimum Gasteiger partial charge on any atom is -0.290 e. The molecule has 0 aliphatic carbocycles. The molecule has 0 fully saturated rings. The van der Waals surface area contributed by atoms with Gasteiger partial charge >= 0.3 is 0 Å². The van der Waals surface area contributed by atoms with Gasteiger partial charge in [0.2, 0.25) is 5.95 Å². The number of halogens is 1. The molecule has 0 radical (unpaired) electrons. The molecule has 8 heteroatoms. The minimum atomic E-state index is -0.570. The van der Waals surface area contributed by atoms with Gasteiger partial charge in [-0.1, -0.05) is 6.07 Å². The maximum Gasteiger partial charge on any atom is 0.284 e. The van der Waals surface area contributed by atoms with Gasteiger partial charge in [-0.2, -0.15) is 0 Å². The van der Waals surface area contributed by atoms with Crippen molar-refractivity contribution in [2.24, 2.45) is 0 Å². The fraction of sp³-hybridized carbons (Fsp3) is 0. The van der Waals surface area contributed by atoms with Gasteiger partial charge in [0.25, 0.3) is 11.6 Å². The molecule has 0 saturated heterocycles. The lowest BCUT2D eigenvalue weighted by atomic mass is 10.2. The lowest BCUT2D eigenvalue weighted by Gasteiger charge is -2.05. The van der Waals surface area contributed by atoms with Crippen molar-refractivity contribution in [2.45, 2.75) is 0 Å². The number of anilines is 1. The number of hydrogen-bond donors (Lipinski definition) is 1. The number of carbonyl (C=O) groups excluding carboxylic acids is 1. The van der Waals surface area contributed by atoms with E-state index >= 15 is 0 Å². The van der Waals surface area contributed by atoms with Crippen LogP contribution < -0.4 is 5.32 Å². The molecule has 19 heavy (non-hydrogen) atoms. The van der Waals surface area contributed by atoms with Crippen LogP contribution in [0.2, 0.25) is 0 Å². The third-order valence-corrected chi connectivity index (χ3v) is 3.04. The summed E-state index contributed by atoms with van der Waals surface area (Å²) in [5.74, 6) is -0.396. The number of aromatic nitrogens is 2. The Hall–Kier alpha value is -2.35. The van der Waals surface area contributed by atoms with E-state index in [1.54, 1.807) is 6.07 Å². The summed E-state index contributed by atoms with van der Waals surface area (Å²) in [6.07, 6.45) is 2.95. The highest BCUT2D eigenvalue weighted by Gasteiger charge is 2.19. The predicted octanol–water partition coefficient (Wildman–Crippen LogP) is 2.40. The van der Waals surface area contributed by atoms with Crippen LogP contribution >= 0.6 is 15.9 Å². The lowest BCUT2D eigenvalue weighted by molar-refractivity contribution is -0.385. The van der Waals surface area contributed by atoms with Gasteiger partial charge in [0.1, 0.15) is 4.47 Å². The number of amides is 1. The van der Waals surface area contributed by atoms with Crippen LogP contribution in [0.3, 0.4) is 0 Å². The predicted molar refractivity (Wildman–Crippen MR) is 70.8 cm³/mol. The molecule has 0 atom stereocenters. The van der Waals surface area contributed by atoms with E-state index in [0.29, 0.717) is 0 Å². The van der Waals surface area contributed by atoms with E-state index in [2.05, 4.69) is 31.2 Å². The van der Waals surface area contributed by atoms with E-state index in [9.17, 15) is 14.9 Å². The van der Waals surface area contributed by atoms with Gasteiger partial charge in [-0.3, -0.25) is 20.2 Å². The van der Waals surface area contributed by atoms with Crippen molar-refractivity contribution in [3.63, 3.8) is 0 Å². The Morgan fingerprint density at radius 2 is 1.95 bits per heavy atom. The Labute approximate surface area is 116 Å². The molecule has 7 nitrogen and oxygen atoms in total. The monoisotopic (exact) mass is 322 g/mol. The SMILES string of the molecule is O=C(Nc1ncccn1)c1cccc([N+](=O)[O-])c1Br. The van der Waals surface area contributed by atoms with Crippen molar-refractivity contribution < 1.29 is 9.72 Å². The molecular formula is C11H7BrN4O3. The average molecular weight is 323 g/mol. The van der Waals surface area contributed by atoms with Crippen molar-refractivity contribution in [2.75, 3.05) is 5.32 Å². The lowest BCUT2D eigenvalue weighted by Crippen LogP contribution is -2.15. The van der Waals surface area contributed by atoms with E-state index in [4.69, 9.17) is 0 Å². The molecule has 2 rings (SSSR count). The van der Waals surface area contributed by atoms with Crippen LogP contribution in [0.25, 0.3) is 0 Å². The van der Waals surface area contributed by atoms with Crippen molar-refractivity contribution in [3.8, 4) is 0 Å². The Morgan fingerprint density at radius 3 is 2.58 bits per heavy atom. The zero-order valence-electron chi connectivity index (χ0n) is 9.41. The normalized spacial score (nSPS) is 9.95. The van der Waals surface area contributed by atoms with Gasteiger partial charge in [-0.05, 0) is 28.1 Å². The van der Waals surface area contributed by atoms with E-state index < -0.39 is 10.8 Å². The third kappa shape index (κ3) is 2.91. The molecule has 0 saturated carbocycles. The highest BCUT2D eigenvalue weighted by Crippen LogP contribution is 2.28.